The normalized spacial score (nSPS) is 50.1. The van der Waals surface area contributed by atoms with Gasteiger partial charge in [-0.3, -0.25) is 0 Å². The lowest BCUT2D eigenvalue weighted by atomic mass is 9.60. The van der Waals surface area contributed by atoms with Gasteiger partial charge in [-0.25, -0.2) is 0 Å². The van der Waals surface area contributed by atoms with E-state index in [1.54, 1.807) is 0 Å². The topological polar surface area (TPSA) is 0 Å². The fourth-order valence-electron chi connectivity index (χ4n) is 3.54. The fourth-order valence-corrected chi connectivity index (χ4v) is 6.00. The highest BCUT2D eigenvalue weighted by Gasteiger charge is 2.68. The highest BCUT2D eigenvalue weighted by molar-refractivity contribution is 8.09. The maximum atomic E-state index is 2.53. The highest BCUT2D eigenvalue weighted by atomic mass is 32.2. The molecule has 3 fully saturated rings. The van der Waals surface area contributed by atoms with Gasteiger partial charge in [0.2, 0.25) is 0 Å². The fraction of sp³-hybridized carbons (Fsp3) is 1.00. The zero-order valence-electron chi connectivity index (χ0n) is 9.27. The van der Waals surface area contributed by atoms with Gasteiger partial charge in [0.05, 0.1) is 0 Å². The number of rotatable bonds is 2. The second kappa shape index (κ2) is 2.88. The molecule has 0 aromatic heterocycles. The molecule has 2 heteroatoms. The first-order valence-electron chi connectivity index (χ1n) is 5.90. The van der Waals surface area contributed by atoms with E-state index in [1.807, 2.05) is 0 Å². The SMILES string of the molecule is CC1(C2(C3(C)CS3)CCCCC2)CS1. The predicted molar refractivity (Wildman–Crippen MR) is 67.2 cm³/mol. The maximum Gasteiger partial charge on any atom is 0.0292 e. The Morgan fingerprint density at radius 1 is 0.786 bits per heavy atom. The van der Waals surface area contributed by atoms with Gasteiger partial charge in [0, 0.05) is 26.4 Å². The van der Waals surface area contributed by atoms with Gasteiger partial charge in [-0.2, -0.15) is 23.5 Å². The Morgan fingerprint density at radius 3 is 1.57 bits per heavy atom. The molecule has 0 aromatic rings. The summed E-state index contributed by atoms with van der Waals surface area (Å²) in [5, 5.41) is 0. The maximum absolute atomic E-state index is 2.53. The van der Waals surface area contributed by atoms with Crippen molar-refractivity contribution in [2.45, 2.75) is 55.4 Å². The third kappa shape index (κ3) is 1.16. The Hall–Kier alpha value is 0.700. The van der Waals surface area contributed by atoms with Crippen molar-refractivity contribution in [2.24, 2.45) is 5.41 Å². The summed E-state index contributed by atoms with van der Waals surface area (Å²) in [7, 11) is 0. The largest absolute Gasteiger partial charge is 0.152 e. The van der Waals surface area contributed by atoms with Gasteiger partial charge >= 0.3 is 0 Å². The van der Waals surface area contributed by atoms with E-state index in [-0.39, 0.29) is 0 Å². The van der Waals surface area contributed by atoms with Crippen LogP contribution in [0.1, 0.15) is 46.0 Å². The summed E-state index contributed by atoms with van der Waals surface area (Å²) in [5.41, 5.74) is 0.702. The van der Waals surface area contributed by atoms with Gasteiger partial charge in [-0.05, 0) is 26.7 Å². The first kappa shape index (κ1) is 9.89. The molecule has 14 heavy (non-hydrogen) atoms. The molecule has 1 saturated carbocycles. The summed E-state index contributed by atoms with van der Waals surface area (Å²) < 4.78 is 1.32. The van der Waals surface area contributed by atoms with Crippen molar-refractivity contribution in [3.63, 3.8) is 0 Å². The van der Waals surface area contributed by atoms with Gasteiger partial charge in [-0.15, -0.1) is 0 Å². The van der Waals surface area contributed by atoms with Crippen LogP contribution in [0.2, 0.25) is 0 Å². The average molecular weight is 228 g/mol. The number of thioether (sulfide) groups is 2. The van der Waals surface area contributed by atoms with Crippen molar-refractivity contribution in [3.05, 3.63) is 0 Å². The van der Waals surface area contributed by atoms with E-state index in [9.17, 15) is 0 Å². The minimum atomic E-state index is 0.658. The smallest absolute Gasteiger partial charge is 0.0292 e. The van der Waals surface area contributed by atoms with E-state index in [2.05, 4.69) is 37.4 Å². The molecule has 3 rings (SSSR count). The summed E-state index contributed by atoms with van der Waals surface area (Å²) in [4.78, 5) is 0. The standard InChI is InChI=1S/C12H20S2/c1-10(8-13-10)12(11(2)9-14-11)6-4-3-5-7-12/h3-9H2,1-2H3. The van der Waals surface area contributed by atoms with Gasteiger partial charge < -0.3 is 0 Å². The van der Waals surface area contributed by atoms with E-state index < -0.39 is 0 Å². The van der Waals surface area contributed by atoms with Crippen molar-refractivity contribution >= 4 is 23.5 Å². The third-order valence-corrected chi connectivity index (χ3v) is 7.98. The summed E-state index contributed by atoms with van der Waals surface area (Å²) in [6, 6.07) is 0. The van der Waals surface area contributed by atoms with E-state index in [0.717, 1.165) is 0 Å². The van der Waals surface area contributed by atoms with Gasteiger partial charge in [0.25, 0.3) is 0 Å². The second-order valence-electron chi connectivity index (χ2n) is 5.68. The van der Waals surface area contributed by atoms with E-state index >= 15 is 0 Å². The number of hydrogen-bond donors (Lipinski definition) is 0. The van der Waals surface area contributed by atoms with Crippen LogP contribution < -0.4 is 0 Å². The van der Waals surface area contributed by atoms with Crippen molar-refractivity contribution in [1.82, 2.24) is 0 Å². The van der Waals surface area contributed by atoms with Crippen LogP contribution >= 0.6 is 23.5 Å². The summed E-state index contributed by atoms with van der Waals surface area (Å²) in [6.45, 7) is 5.07. The van der Waals surface area contributed by atoms with Crippen molar-refractivity contribution in [2.75, 3.05) is 11.5 Å². The molecule has 2 unspecified atom stereocenters. The van der Waals surface area contributed by atoms with E-state index in [0.29, 0.717) is 14.9 Å². The Bertz CT molecular complexity index is 225. The molecular formula is C12H20S2. The molecule has 2 aliphatic heterocycles. The summed E-state index contributed by atoms with van der Waals surface area (Å²) in [5.74, 6) is 2.87. The minimum absolute atomic E-state index is 0.658. The zero-order chi connectivity index (χ0) is 9.86. The summed E-state index contributed by atoms with van der Waals surface area (Å²) in [6.07, 6.45) is 7.50. The third-order valence-electron chi connectivity index (χ3n) is 4.89. The monoisotopic (exact) mass is 228 g/mol. The van der Waals surface area contributed by atoms with Crippen LogP contribution in [0.5, 0.6) is 0 Å². The van der Waals surface area contributed by atoms with Gasteiger partial charge in [-0.1, -0.05) is 19.3 Å². The molecule has 2 heterocycles. The predicted octanol–water partition coefficient (Wildman–Crippen LogP) is 3.95. The van der Waals surface area contributed by atoms with Crippen LogP contribution in [-0.4, -0.2) is 21.0 Å². The molecule has 3 aliphatic rings. The molecule has 0 nitrogen and oxygen atoms in total. The first-order valence-corrected chi connectivity index (χ1v) is 7.87. The first-order chi connectivity index (χ1) is 6.62. The quantitative estimate of drug-likeness (QED) is 0.656. The van der Waals surface area contributed by atoms with Crippen LogP contribution in [0.15, 0.2) is 0 Å². The molecule has 1 aliphatic carbocycles. The molecule has 0 bridgehead atoms. The molecule has 0 radical (unpaired) electrons. The lowest BCUT2D eigenvalue weighted by Crippen LogP contribution is -2.47. The zero-order valence-corrected chi connectivity index (χ0v) is 10.9. The number of hydrogen-bond acceptors (Lipinski definition) is 2. The molecular weight excluding hydrogens is 208 g/mol. The molecule has 0 aromatic carbocycles. The summed E-state index contributed by atoms with van der Waals surface area (Å²) >= 11 is 4.46. The van der Waals surface area contributed by atoms with Gasteiger partial charge in [0.15, 0.2) is 0 Å². The molecule has 80 valence electrons. The average Bonchev–Trinajstić information content (AvgIpc) is 3.08. The Balaban J connectivity index is 1.93. The molecule has 2 atom stereocenters. The van der Waals surface area contributed by atoms with Crippen molar-refractivity contribution < 1.29 is 0 Å². The van der Waals surface area contributed by atoms with Crippen LogP contribution in [0.25, 0.3) is 0 Å². The van der Waals surface area contributed by atoms with Crippen LogP contribution in [0, 0.1) is 5.41 Å². The van der Waals surface area contributed by atoms with E-state index in [1.165, 1.54) is 43.6 Å². The second-order valence-corrected chi connectivity index (χ2v) is 8.64. The van der Waals surface area contributed by atoms with Crippen molar-refractivity contribution in [1.29, 1.82) is 0 Å². The van der Waals surface area contributed by atoms with Crippen LogP contribution in [-0.2, 0) is 0 Å². The lowest BCUT2D eigenvalue weighted by Gasteiger charge is -2.46. The van der Waals surface area contributed by atoms with Crippen LogP contribution in [0.4, 0.5) is 0 Å². The Labute approximate surface area is 96.0 Å². The molecule has 2 saturated heterocycles. The molecule has 0 amide bonds. The minimum Gasteiger partial charge on any atom is -0.152 e. The Kier molecular flexibility index (Phi) is 2.04. The highest BCUT2D eigenvalue weighted by Crippen LogP contribution is 2.73. The molecule has 0 spiro atoms. The lowest BCUT2D eigenvalue weighted by molar-refractivity contribution is 0.129. The van der Waals surface area contributed by atoms with Crippen LogP contribution in [0.3, 0.4) is 0 Å². The van der Waals surface area contributed by atoms with Crippen molar-refractivity contribution in [3.8, 4) is 0 Å². The van der Waals surface area contributed by atoms with E-state index in [4.69, 9.17) is 0 Å². The van der Waals surface area contributed by atoms with Gasteiger partial charge in [0.1, 0.15) is 0 Å². The molecule has 0 N–H and O–H groups in total. The Morgan fingerprint density at radius 2 is 1.21 bits per heavy atom.